The van der Waals surface area contributed by atoms with Crippen LogP contribution in [0.15, 0.2) is 45.9 Å². The Balaban J connectivity index is 0.00000338. The second kappa shape index (κ2) is 11.8. The summed E-state index contributed by atoms with van der Waals surface area (Å²) < 4.78 is 5.33. The number of aromatic nitrogens is 1. The quantitative estimate of drug-likeness (QED) is 0.350. The van der Waals surface area contributed by atoms with Crippen molar-refractivity contribution < 1.29 is 4.52 Å². The Hall–Kier alpha value is -1.77. The zero-order valence-electron chi connectivity index (χ0n) is 16.0. The van der Waals surface area contributed by atoms with Gasteiger partial charge in [0.15, 0.2) is 11.7 Å². The molecule has 2 N–H and O–H groups in total. The lowest BCUT2D eigenvalue weighted by molar-refractivity contribution is 0.376. The number of likely N-dealkylation sites (N-methyl/N-ethyl adjacent to an activating group) is 1. The molecule has 0 fully saturated rings. The number of guanidine groups is 1. The van der Waals surface area contributed by atoms with E-state index in [0.29, 0.717) is 12.5 Å². The van der Waals surface area contributed by atoms with Gasteiger partial charge in [-0.3, -0.25) is 0 Å². The van der Waals surface area contributed by atoms with Crippen molar-refractivity contribution in [2.24, 2.45) is 4.99 Å². The summed E-state index contributed by atoms with van der Waals surface area (Å²) in [5.74, 6) is 1.93. The highest BCUT2D eigenvalue weighted by atomic mass is 127. The Kier molecular flexibility index (Phi) is 10.1. The molecule has 2 aromatic rings. The van der Waals surface area contributed by atoms with Gasteiger partial charge < -0.3 is 20.1 Å². The van der Waals surface area contributed by atoms with Crippen molar-refractivity contribution in [3.63, 3.8) is 0 Å². The molecule has 0 aliphatic rings. The zero-order valence-corrected chi connectivity index (χ0v) is 18.4. The molecular formula is C19H30IN5O. The summed E-state index contributed by atoms with van der Waals surface area (Å²) in [5, 5.41) is 10.7. The normalized spacial score (nSPS) is 11.2. The molecular weight excluding hydrogens is 441 g/mol. The van der Waals surface area contributed by atoms with E-state index in [2.05, 4.69) is 65.6 Å². The molecule has 7 heteroatoms. The summed E-state index contributed by atoms with van der Waals surface area (Å²) in [6.45, 7) is 9.22. The Bertz CT molecular complexity index is 657. The van der Waals surface area contributed by atoms with Gasteiger partial charge >= 0.3 is 0 Å². The highest BCUT2D eigenvalue weighted by Gasteiger charge is 2.07. The van der Waals surface area contributed by atoms with Crippen LogP contribution in [-0.4, -0.2) is 37.8 Å². The lowest BCUT2D eigenvalue weighted by Gasteiger charge is -2.20. The molecule has 0 radical (unpaired) electrons. The van der Waals surface area contributed by atoms with E-state index < -0.39 is 0 Å². The van der Waals surface area contributed by atoms with E-state index >= 15 is 0 Å². The topological polar surface area (TPSA) is 65.7 Å². The van der Waals surface area contributed by atoms with Crippen LogP contribution in [0.4, 0.5) is 5.69 Å². The number of benzene rings is 1. The van der Waals surface area contributed by atoms with Crippen molar-refractivity contribution in [1.82, 2.24) is 15.8 Å². The Morgan fingerprint density at radius 2 is 1.96 bits per heavy atom. The molecule has 0 atom stereocenters. The van der Waals surface area contributed by atoms with Crippen LogP contribution < -0.4 is 15.5 Å². The van der Waals surface area contributed by atoms with Crippen LogP contribution in [0.25, 0.3) is 0 Å². The molecule has 1 heterocycles. The lowest BCUT2D eigenvalue weighted by atomic mass is 10.1. The summed E-state index contributed by atoms with van der Waals surface area (Å²) in [5.41, 5.74) is 2.17. The van der Waals surface area contributed by atoms with Crippen LogP contribution in [0.3, 0.4) is 0 Å². The second-order valence-corrected chi connectivity index (χ2v) is 6.25. The Labute approximate surface area is 173 Å². The Morgan fingerprint density at radius 1 is 1.23 bits per heavy atom. The maximum atomic E-state index is 5.33. The number of rotatable bonds is 8. The lowest BCUT2D eigenvalue weighted by Crippen LogP contribution is -2.41. The summed E-state index contributed by atoms with van der Waals surface area (Å²) in [6.07, 6.45) is 0. The van der Waals surface area contributed by atoms with Crippen molar-refractivity contribution in [2.45, 2.75) is 33.2 Å². The summed E-state index contributed by atoms with van der Waals surface area (Å²) in [4.78, 5) is 6.78. The van der Waals surface area contributed by atoms with Gasteiger partial charge in [0.25, 0.3) is 0 Å². The van der Waals surface area contributed by atoms with E-state index in [9.17, 15) is 0 Å². The van der Waals surface area contributed by atoms with E-state index in [-0.39, 0.29) is 24.0 Å². The predicted molar refractivity (Wildman–Crippen MR) is 119 cm³/mol. The van der Waals surface area contributed by atoms with Crippen molar-refractivity contribution >= 4 is 35.6 Å². The third kappa shape index (κ3) is 7.23. The van der Waals surface area contributed by atoms with Gasteiger partial charge in [0.05, 0.1) is 5.69 Å². The van der Waals surface area contributed by atoms with Gasteiger partial charge in [-0.15, -0.1) is 24.0 Å². The molecule has 0 saturated carbocycles. The summed E-state index contributed by atoms with van der Waals surface area (Å²) in [7, 11) is 2.09. The van der Waals surface area contributed by atoms with Crippen molar-refractivity contribution in [2.75, 3.05) is 31.6 Å². The van der Waals surface area contributed by atoms with E-state index in [4.69, 9.17) is 4.52 Å². The first-order valence-corrected chi connectivity index (χ1v) is 8.84. The molecule has 0 spiro atoms. The minimum atomic E-state index is 0. The maximum Gasteiger partial charge on any atom is 0.191 e. The fourth-order valence-electron chi connectivity index (χ4n) is 2.33. The number of para-hydroxylation sites is 1. The molecule has 0 saturated heterocycles. The average Bonchev–Trinajstić information content (AvgIpc) is 3.09. The third-order valence-electron chi connectivity index (χ3n) is 3.84. The third-order valence-corrected chi connectivity index (χ3v) is 3.84. The van der Waals surface area contributed by atoms with Crippen LogP contribution >= 0.6 is 24.0 Å². The van der Waals surface area contributed by atoms with Crippen LogP contribution in [0.2, 0.25) is 0 Å². The van der Waals surface area contributed by atoms with Gasteiger partial charge in [-0.1, -0.05) is 37.2 Å². The smallest absolute Gasteiger partial charge is 0.191 e. The number of nitrogens with one attached hydrogen (secondary N) is 2. The molecule has 26 heavy (non-hydrogen) atoms. The molecule has 1 aromatic heterocycles. The summed E-state index contributed by atoms with van der Waals surface area (Å²) >= 11 is 0. The van der Waals surface area contributed by atoms with Crippen LogP contribution in [-0.2, 0) is 6.54 Å². The molecule has 0 unspecified atom stereocenters. The Morgan fingerprint density at radius 3 is 2.58 bits per heavy atom. The second-order valence-electron chi connectivity index (χ2n) is 6.25. The number of nitrogens with zero attached hydrogens (tertiary/aromatic N) is 3. The molecule has 0 aliphatic carbocycles. The maximum absolute atomic E-state index is 5.33. The largest absolute Gasteiger partial charge is 0.373 e. The van der Waals surface area contributed by atoms with Gasteiger partial charge in [-0.25, -0.2) is 4.99 Å². The van der Waals surface area contributed by atoms with Gasteiger partial charge in [0.2, 0.25) is 0 Å². The van der Waals surface area contributed by atoms with E-state index in [1.165, 1.54) is 5.69 Å². The van der Waals surface area contributed by atoms with Crippen molar-refractivity contribution in [3.05, 3.63) is 47.9 Å². The van der Waals surface area contributed by atoms with E-state index in [0.717, 1.165) is 37.0 Å². The number of hydrogen-bond donors (Lipinski definition) is 2. The monoisotopic (exact) mass is 471 g/mol. The van der Waals surface area contributed by atoms with E-state index in [1.807, 2.05) is 24.3 Å². The number of anilines is 1. The fourth-order valence-corrected chi connectivity index (χ4v) is 2.33. The highest BCUT2D eigenvalue weighted by Crippen LogP contribution is 2.14. The van der Waals surface area contributed by atoms with Crippen LogP contribution in [0, 0.1) is 0 Å². The first kappa shape index (κ1) is 22.3. The average molecular weight is 471 g/mol. The standard InChI is InChI=1S/C19H29N5O.HI/c1-5-20-19(22-14-17-13-18(15(2)3)23-25-17)21-11-12-24(4)16-9-7-6-8-10-16;/h6-10,13,15H,5,11-12,14H2,1-4H3,(H2,20,21,22);1H. The number of hydrogen-bond acceptors (Lipinski definition) is 4. The minimum Gasteiger partial charge on any atom is -0.373 e. The van der Waals surface area contributed by atoms with Crippen LogP contribution in [0.5, 0.6) is 0 Å². The van der Waals surface area contributed by atoms with Crippen molar-refractivity contribution in [3.8, 4) is 0 Å². The van der Waals surface area contributed by atoms with E-state index in [1.54, 1.807) is 0 Å². The molecule has 1 aromatic carbocycles. The molecule has 0 amide bonds. The summed E-state index contributed by atoms with van der Waals surface area (Å²) in [6, 6.07) is 12.3. The molecule has 144 valence electrons. The highest BCUT2D eigenvalue weighted by molar-refractivity contribution is 14.0. The van der Waals surface area contributed by atoms with Gasteiger partial charge in [-0.05, 0) is 25.0 Å². The first-order valence-electron chi connectivity index (χ1n) is 8.84. The van der Waals surface area contributed by atoms with Gasteiger partial charge in [-0.2, -0.15) is 0 Å². The van der Waals surface area contributed by atoms with Gasteiger partial charge in [0.1, 0.15) is 6.54 Å². The first-order chi connectivity index (χ1) is 12.1. The number of aliphatic imine (C=N–C) groups is 1. The predicted octanol–water partition coefficient (Wildman–Crippen LogP) is 3.61. The van der Waals surface area contributed by atoms with Gasteiger partial charge in [0, 0.05) is 38.4 Å². The molecule has 0 aliphatic heterocycles. The molecule has 2 rings (SSSR count). The zero-order chi connectivity index (χ0) is 18.1. The van der Waals surface area contributed by atoms with Crippen molar-refractivity contribution in [1.29, 1.82) is 0 Å². The molecule has 0 bridgehead atoms. The number of halogens is 1. The minimum absolute atomic E-state index is 0. The fraction of sp³-hybridized carbons (Fsp3) is 0.474. The molecule has 6 nitrogen and oxygen atoms in total. The SMILES string of the molecule is CCNC(=NCc1cc(C(C)C)no1)NCCN(C)c1ccccc1.I. The van der Waals surface area contributed by atoms with Crippen LogP contribution in [0.1, 0.15) is 38.1 Å².